The Morgan fingerprint density at radius 3 is 2.64 bits per heavy atom. The van der Waals surface area contributed by atoms with Crippen LogP contribution in [0.15, 0.2) is 36.4 Å². The SMILES string of the molecule is COC(=O)C12CC=CC(=O)C1(OC)NC(=O)c1ccccc12. The molecule has 3 rings (SSSR count). The first-order chi connectivity index (χ1) is 10.5. The van der Waals surface area contributed by atoms with Gasteiger partial charge in [-0.05, 0) is 24.1 Å². The molecule has 0 saturated carbocycles. The van der Waals surface area contributed by atoms with Gasteiger partial charge >= 0.3 is 5.97 Å². The van der Waals surface area contributed by atoms with E-state index in [0.717, 1.165) is 0 Å². The highest BCUT2D eigenvalue weighted by molar-refractivity contribution is 6.12. The molecule has 1 N–H and O–H groups in total. The highest BCUT2D eigenvalue weighted by Crippen LogP contribution is 2.48. The summed E-state index contributed by atoms with van der Waals surface area (Å²) in [6.45, 7) is 0. The van der Waals surface area contributed by atoms with E-state index in [9.17, 15) is 14.4 Å². The van der Waals surface area contributed by atoms with Gasteiger partial charge in [0, 0.05) is 12.7 Å². The normalized spacial score (nSPS) is 29.4. The third-order valence-electron chi connectivity index (χ3n) is 4.40. The van der Waals surface area contributed by atoms with Crippen molar-refractivity contribution in [3.8, 4) is 0 Å². The summed E-state index contributed by atoms with van der Waals surface area (Å²) in [5, 5.41) is 2.58. The number of rotatable bonds is 2. The second-order valence-corrected chi connectivity index (χ2v) is 5.25. The largest absolute Gasteiger partial charge is 0.468 e. The van der Waals surface area contributed by atoms with Crippen LogP contribution in [-0.2, 0) is 24.5 Å². The van der Waals surface area contributed by atoms with Gasteiger partial charge in [-0.2, -0.15) is 0 Å². The van der Waals surface area contributed by atoms with Gasteiger partial charge in [0.1, 0.15) is 0 Å². The molecule has 1 aromatic rings. The molecule has 22 heavy (non-hydrogen) atoms. The lowest BCUT2D eigenvalue weighted by Crippen LogP contribution is -2.74. The maximum absolute atomic E-state index is 12.7. The van der Waals surface area contributed by atoms with Crippen molar-refractivity contribution in [1.29, 1.82) is 0 Å². The smallest absolute Gasteiger partial charge is 0.322 e. The minimum atomic E-state index is -1.79. The van der Waals surface area contributed by atoms with Crippen molar-refractivity contribution < 1.29 is 23.9 Å². The third kappa shape index (κ3) is 1.50. The lowest BCUT2D eigenvalue weighted by molar-refractivity contribution is -0.175. The number of ketones is 1. The highest BCUT2D eigenvalue weighted by Gasteiger charge is 2.67. The lowest BCUT2D eigenvalue weighted by atomic mass is 9.62. The molecule has 2 atom stereocenters. The maximum atomic E-state index is 12.7. The second kappa shape index (κ2) is 4.78. The van der Waals surface area contributed by atoms with E-state index in [1.54, 1.807) is 30.3 Å². The molecule has 6 nitrogen and oxygen atoms in total. The number of ether oxygens (including phenoxy) is 2. The molecule has 1 heterocycles. The number of esters is 1. The fourth-order valence-electron chi connectivity index (χ4n) is 3.40. The number of carbonyl (C=O) groups is 3. The maximum Gasteiger partial charge on any atom is 0.322 e. The van der Waals surface area contributed by atoms with Crippen LogP contribution < -0.4 is 5.32 Å². The van der Waals surface area contributed by atoms with E-state index in [2.05, 4.69) is 5.32 Å². The minimum absolute atomic E-state index is 0.191. The number of nitrogens with one attached hydrogen (secondary N) is 1. The summed E-state index contributed by atoms with van der Waals surface area (Å²) >= 11 is 0. The molecular formula is C16H15NO5. The highest BCUT2D eigenvalue weighted by atomic mass is 16.5. The van der Waals surface area contributed by atoms with E-state index >= 15 is 0 Å². The zero-order valence-electron chi connectivity index (χ0n) is 12.2. The van der Waals surface area contributed by atoms with Gasteiger partial charge in [0.2, 0.25) is 11.5 Å². The summed E-state index contributed by atoms with van der Waals surface area (Å²) in [6.07, 6.45) is 3.11. The Labute approximate surface area is 127 Å². The summed E-state index contributed by atoms with van der Waals surface area (Å²) in [7, 11) is 2.54. The Morgan fingerprint density at radius 1 is 1.23 bits per heavy atom. The van der Waals surface area contributed by atoms with Crippen LogP contribution in [0.3, 0.4) is 0 Å². The molecule has 1 amide bonds. The number of fused-ring (bicyclic) bond motifs is 3. The zero-order chi connectivity index (χ0) is 16.0. The quantitative estimate of drug-likeness (QED) is 0.814. The first kappa shape index (κ1) is 14.5. The summed E-state index contributed by atoms with van der Waals surface area (Å²) in [5.74, 6) is -1.57. The van der Waals surface area contributed by atoms with Gasteiger partial charge in [-0.1, -0.05) is 24.3 Å². The third-order valence-corrected chi connectivity index (χ3v) is 4.40. The Kier molecular flexibility index (Phi) is 3.14. The van der Waals surface area contributed by atoms with Crippen molar-refractivity contribution in [3.63, 3.8) is 0 Å². The van der Waals surface area contributed by atoms with Crippen molar-refractivity contribution in [2.75, 3.05) is 14.2 Å². The summed E-state index contributed by atoms with van der Waals surface area (Å²) in [5.41, 5.74) is -2.46. The van der Waals surface area contributed by atoms with E-state index in [-0.39, 0.29) is 6.42 Å². The number of methoxy groups -OCH3 is 2. The van der Waals surface area contributed by atoms with Crippen LogP contribution in [0, 0.1) is 0 Å². The van der Waals surface area contributed by atoms with E-state index in [4.69, 9.17) is 9.47 Å². The summed E-state index contributed by atoms with van der Waals surface area (Å²) in [6, 6.07) is 6.68. The molecule has 114 valence electrons. The van der Waals surface area contributed by atoms with Crippen LogP contribution in [0.1, 0.15) is 22.3 Å². The molecule has 1 aliphatic carbocycles. The average molecular weight is 301 g/mol. The summed E-state index contributed by atoms with van der Waals surface area (Å²) in [4.78, 5) is 37.6. The molecule has 0 bridgehead atoms. The zero-order valence-corrected chi connectivity index (χ0v) is 12.2. The number of benzene rings is 1. The fraction of sp³-hybridized carbons (Fsp3) is 0.312. The molecule has 6 heteroatoms. The van der Waals surface area contributed by atoms with E-state index < -0.39 is 28.8 Å². The van der Waals surface area contributed by atoms with Gasteiger partial charge in [-0.15, -0.1) is 0 Å². The van der Waals surface area contributed by atoms with E-state index in [1.165, 1.54) is 20.3 Å². The van der Waals surface area contributed by atoms with E-state index in [0.29, 0.717) is 11.1 Å². The molecule has 0 fully saturated rings. The predicted octanol–water partition coefficient (Wildman–Crippen LogP) is 0.712. The van der Waals surface area contributed by atoms with Crippen LogP contribution >= 0.6 is 0 Å². The average Bonchev–Trinajstić information content (AvgIpc) is 2.55. The fourth-order valence-corrected chi connectivity index (χ4v) is 3.40. The molecule has 0 aromatic heterocycles. The van der Waals surface area contributed by atoms with Gasteiger partial charge in [0.15, 0.2) is 5.41 Å². The Hall–Kier alpha value is -2.47. The number of carbonyl (C=O) groups excluding carboxylic acids is 3. The molecule has 0 spiro atoms. The van der Waals surface area contributed by atoms with Crippen molar-refractivity contribution in [1.82, 2.24) is 5.32 Å². The monoisotopic (exact) mass is 301 g/mol. The Balaban J connectivity index is 2.40. The molecular weight excluding hydrogens is 286 g/mol. The Morgan fingerprint density at radius 2 is 1.95 bits per heavy atom. The second-order valence-electron chi connectivity index (χ2n) is 5.25. The van der Waals surface area contributed by atoms with Crippen LogP contribution in [0.2, 0.25) is 0 Å². The molecule has 1 aliphatic heterocycles. The lowest BCUT2D eigenvalue weighted by Gasteiger charge is -2.50. The van der Waals surface area contributed by atoms with Gasteiger partial charge < -0.3 is 14.8 Å². The van der Waals surface area contributed by atoms with E-state index in [1.807, 2.05) is 0 Å². The first-order valence-electron chi connectivity index (χ1n) is 6.80. The van der Waals surface area contributed by atoms with Gasteiger partial charge in [0.05, 0.1) is 7.11 Å². The van der Waals surface area contributed by atoms with Crippen molar-refractivity contribution in [3.05, 3.63) is 47.5 Å². The minimum Gasteiger partial charge on any atom is -0.468 e. The van der Waals surface area contributed by atoms with Crippen LogP contribution in [0.25, 0.3) is 0 Å². The predicted molar refractivity (Wildman–Crippen MR) is 76.1 cm³/mol. The number of amides is 1. The number of hydrogen-bond donors (Lipinski definition) is 1. The first-order valence-corrected chi connectivity index (χ1v) is 6.80. The Bertz CT molecular complexity index is 710. The van der Waals surface area contributed by atoms with Crippen LogP contribution in [0.5, 0.6) is 0 Å². The number of hydrogen-bond acceptors (Lipinski definition) is 5. The molecule has 1 aromatic carbocycles. The van der Waals surface area contributed by atoms with Crippen LogP contribution in [0.4, 0.5) is 0 Å². The summed E-state index contributed by atoms with van der Waals surface area (Å²) < 4.78 is 10.4. The van der Waals surface area contributed by atoms with Gasteiger partial charge in [-0.25, -0.2) is 0 Å². The van der Waals surface area contributed by atoms with Crippen molar-refractivity contribution >= 4 is 17.7 Å². The van der Waals surface area contributed by atoms with Crippen molar-refractivity contribution in [2.45, 2.75) is 17.6 Å². The standard InChI is InChI=1S/C16H15NO5/c1-21-14(20)15-9-5-8-12(18)16(15,22-2)17-13(19)10-6-3-4-7-11(10)15/h3-8H,9H2,1-2H3,(H,17,19). The van der Waals surface area contributed by atoms with Crippen LogP contribution in [-0.4, -0.2) is 37.6 Å². The van der Waals surface area contributed by atoms with Crippen molar-refractivity contribution in [2.24, 2.45) is 0 Å². The molecule has 2 unspecified atom stereocenters. The number of allylic oxidation sites excluding steroid dienone is 1. The molecule has 2 aliphatic rings. The topological polar surface area (TPSA) is 81.7 Å². The molecule has 0 radical (unpaired) electrons. The molecule has 0 saturated heterocycles. The van der Waals surface area contributed by atoms with Gasteiger partial charge in [0.25, 0.3) is 5.91 Å². The van der Waals surface area contributed by atoms with Gasteiger partial charge in [-0.3, -0.25) is 14.4 Å².